The molecule has 1 aromatic carbocycles. The number of benzene rings is 1. The SMILES string of the molecule is CC1=NN/C(=N\N)C/C1=C\c1ccc(Cl)cc1. The van der Waals surface area contributed by atoms with E-state index in [1.54, 1.807) is 0 Å². The normalized spacial score (nSPS) is 20.2. The predicted molar refractivity (Wildman–Crippen MR) is 71.9 cm³/mol. The molecule has 0 aromatic heterocycles. The third kappa shape index (κ3) is 2.85. The van der Waals surface area contributed by atoms with Crippen molar-refractivity contribution < 1.29 is 0 Å². The second kappa shape index (κ2) is 5.01. The van der Waals surface area contributed by atoms with Gasteiger partial charge in [-0.15, -0.1) is 0 Å². The Balaban J connectivity index is 2.29. The van der Waals surface area contributed by atoms with Gasteiger partial charge >= 0.3 is 0 Å². The summed E-state index contributed by atoms with van der Waals surface area (Å²) < 4.78 is 0. The smallest absolute Gasteiger partial charge is 0.146 e. The van der Waals surface area contributed by atoms with Crippen LogP contribution in [0.3, 0.4) is 0 Å². The summed E-state index contributed by atoms with van der Waals surface area (Å²) in [7, 11) is 0. The van der Waals surface area contributed by atoms with Gasteiger partial charge in [0.25, 0.3) is 0 Å². The lowest BCUT2D eigenvalue weighted by Gasteiger charge is -2.15. The van der Waals surface area contributed by atoms with Gasteiger partial charge < -0.3 is 5.84 Å². The molecule has 88 valence electrons. The Kier molecular flexibility index (Phi) is 3.44. The highest BCUT2D eigenvalue weighted by molar-refractivity contribution is 6.30. The summed E-state index contributed by atoms with van der Waals surface area (Å²) >= 11 is 5.84. The molecule has 0 unspecified atom stereocenters. The van der Waals surface area contributed by atoms with Crippen LogP contribution in [0.25, 0.3) is 6.08 Å². The first-order chi connectivity index (χ1) is 8.19. The number of nitrogens with one attached hydrogen (secondary N) is 1. The number of rotatable bonds is 1. The van der Waals surface area contributed by atoms with E-state index in [2.05, 4.69) is 21.7 Å². The largest absolute Gasteiger partial charge is 0.322 e. The van der Waals surface area contributed by atoms with Gasteiger partial charge in [0, 0.05) is 11.4 Å². The van der Waals surface area contributed by atoms with E-state index in [4.69, 9.17) is 17.4 Å². The Morgan fingerprint density at radius 3 is 2.76 bits per heavy atom. The van der Waals surface area contributed by atoms with E-state index in [1.165, 1.54) is 0 Å². The van der Waals surface area contributed by atoms with E-state index in [0.29, 0.717) is 12.3 Å². The first-order valence-corrected chi connectivity index (χ1v) is 5.60. The summed E-state index contributed by atoms with van der Waals surface area (Å²) in [6.07, 6.45) is 2.72. The van der Waals surface area contributed by atoms with Gasteiger partial charge in [0.1, 0.15) is 5.84 Å². The average Bonchev–Trinajstić information content (AvgIpc) is 2.35. The van der Waals surface area contributed by atoms with E-state index in [-0.39, 0.29) is 0 Å². The Morgan fingerprint density at radius 2 is 2.12 bits per heavy atom. The molecule has 1 aliphatic heterocycles. The van der Waals surface area contributed by atoms with Crippen molar-refractivity contribution in [3.05, 3.63) is 40.4 Å². The lowest BCUT2D eigenvalue weighted by Crippen LogP contribution is -2.27. The molecule has 5 heteroatoms. The average molecular weight is 249 g/mol. The zero-order chi connectivity index (χ0) is 12.3. The molecule has 0 fully saturated rings. The molecule has 17 heavy (non-hydrogen) atoms. The van der Waals surface area contributed by atoms with Crippen molar-refractivity contribution in [1.29, 1.82) is 0 Å². The zero-order valence-corrected chi connectivity index (χ0v) is 10.2. The molecule has 1 heterocycles. The first kappa shape index (κ1) is 11.7. The van der Waals surface area contributed by atoms with Gasteiger partial charge in [-0.2, -0.15) is 10.2 Å². The molecule has 0 atom stereocenters. The van der Waals surface area contributed by atoms with Crippen LogP contribution in [0.15, 0.2) is 40.0 Å². The topological polar surface area (TPSA) is 62.8 Å². The fraction of sp³-hybridized carbons (Fsp3) is 0.167. The minimum Gasteiger partial charge on any atom is -0.322 e. The van der Waals surface area contributed by atoms with E-state index in [0.717, 1.165) is 21.9 Å². The lowest BCUT2D eigenvalue weighted by atomic mass is 10.0. The number of nitrogens with zero attached hydrogens (tertiary/aromatic N) is 2. The van der Waals surface area contributed by atoms with Crippen LogP contribution in [0, 0.1) is 0 Å². The summed E-state index contributed by atoms with van der Waals surface area (Å²) in [4.78, 5) is 0. The van der Waals surface area contributed by atoms with Gasteiger partial charge in [-0.25, -0.2) is 0 Å². The van der Waals surface area contributed by atoms with Gasteiger partial charge in [-0.3, -0.25) is 5.43 Å². The summed E-state index contributed by atoms with van der Waals surface area (Å²) in [6.45, 7) is 1.95. The highest BCUT2D eigenvalue weighted by Gasteiger charge is 2.12. The maximum Gasteiger partial charge on any atom is 0.146 e. The standard InChI is InChI=1S/C12H13ClN4/c1-8-10(7-12(15-14)17-16-8)6-9-2-4-11(13)5-3-9/h2-6H,7,14H2,1H3,(H,15,17)/b10-6+. The van der Waals surface area contributed by atoms with E-state index in [9.17, 15) is 0 Å². The second-order valence-corrected chi connectivity index (χ2v) is 4.22. The van der Waals surface area contributed by atoms with Crippen LogP contribution < -0.4 is 11.3 Å². The Morgan fingerprint density at radius 1 is 1.41 bits per heavy atom. The summed E-state index contributed by atoms with van der Waals surface area (Å²) in [6, 6.07) is 7.65. The monoisotopic (exact) mass is 248 g/mol. The summed E-state index contributed by atoms with van der Waals surface area (Å²) in [5, 5.41) is 8.49. The van der Waals surface area contributed by atoms with Gasteiger partial charge in [0.15, 0.2) is 0 Å². The number of hydrogen-bond donors (Lipinski definition) is 2. The highest BCUT2D eigenvalue weighted by Crippen LogP contribution is 2.16. The van der Waals surface area contributed by atoms with Crippen molar-refractivity contribution in [3.8, 4) is 0 Å². The maximum absolute atomic E-state index is 5.84. The van der Waals surface area contributed by atoms with Crippen LogP contribution in [0.2, 0.25) is 5.02 Å². The number of halogens is 1. The number of hydrogen-bond acceptors (Lipinski definition) is 3. The molecule has 0 amide bonds. The molecule has 0 saturated heterocycles. The Hall–Kier alpha value is -1.81. The molecule has 3 N–H and O–H groups in total. The summed E-state index contributed by atoms with van der Waals surface area (Å²) in [5.74, 6) is 5.90. The van der Waals surface area contributed by atoms with Crippen molar-refractivity contribution in [2.24, 2.45) is 16.0 Å². The lowest BCUT2D eigenvalue weighted by molar-refractivity contribution is 0.944. The first-order valence-electron chi connectivity index (χ1n) is 5.22. The van der Waals surface area contributed by atoms with E-state index in [1.807, 2.05) is 31.2 Å². The second-order valence-electron chi connectivity index (χ2n) is 3.78. The van der Waals surface area contributed by atoms with Crippen molar-refractivity contribution >= 4 is 29.2 Å². The number of hydrazone groups is 2. The molecule has 1 aliphatic rings. The minimum absolute atomic E-state index is 0.661. The molecular weight excluding hydrogens is 236 g/mol. The number of nitrogens with two attached hydrogens (primary N) is 1. The maximum atomic E-state index is 5.84. The minimum atomic E-state index is 0.661. The van der Waals surface area contributed by atoms with E-state index >= 15 is 0 Å². The van der Waals surface area contributed by atoms with Crippen LogP contribution in [0.4, 0.5) is 0 Å². The third-order valence-electron chi connectivity index (χ3n) is 2.54. The van der Waals surface area contributed by atoms with Crippen LogP contribution in [-0.4, -0.2) is 11.5 Å². The van der Waals surface area contributed by atoms with Crippen LogP contribution >= 0.6 is 11.6 Å². The van der Waals surface area contributed by atoms with Gasteiger partial charge in [0.05, 0.1) is 5.71 Å². The van der Waals surface area contributed by atoms with Gasteiger partial charge in [-0.05, 0) is 36.3 Å². The van der Waals surface area contributed by atoms with Gasteiger partial charge in [0.2, 0.25) is 0 Å². The molecule has 2 rings (SSSR count). The van der Waals surface area contributed by atoms with Crippen LogP contribution in [0.1, 0.15) is 18.9 Å². The molecular formula is C12H13ClN4. The van der Waals surface area contributed by atoms with Gasteiger partial charge in [-0.1, -0.05) is 23.7 Å². The molecule has 1 aromatic rings. The molecule has 0 saturated carbocycles. The van der Waals surface area contributed by atoms with Crippen LogP contribution in [0.5, 0.6) is 0 Å². The molecule has 0 aliphatic carbocycles. The fourth-order valence-corrected chi connectivity index (χ4v) is 1.68. The quantitative estimate of drug-likeness (QED) is 0.592. The predicted octanol–water partition coefficient (Wildman–Crippen LogP) is 2.36. The number of amidine groups is 1. The van der Waals surface area contributed by atoms with Crippen molar-refractivity contribution in [3.63, 3.8) is 0 Å². The fourth-order valence-electron chi connectivity index (χ4n) is 1.56. The third-order valence-corrected chi connectivity index (χ3v) is 2.79. The van der Waals surface area contributed by atoms with Crippen molar-refractivity contribution in [1.82, 2.24) is 5.43 Å². The van der Waals surface area contributed by atoms with Crippen molar-refractivity contribution in [2.75, 3.05) is 0 Å². The molecule has 0 bridgehead atoms. The molecule has 4 nitrogen and oxygen atoms in total. The molecule has 0 spiro atoms. The zero-order valence-electron chi connectivity index (χ0n) is 9.44. The Labute approximate surface area is 105 Å². The molecule has 0 radical (unpaired) electrons. The van der Waals surface area contributed by atoms with Crippen LogP contribution in [-0.2, 0) is 0 Å². The Bertz CT molecular complexity index is 500. The summed E-state index contributed by atoms with van der Waals surface area (Å²) in [5.41, 5.74) is 5.91. The van der Waals surface area contributed by atoms with E-state index < -0.39 is 0 Å². The highest BCUT2D eigenvalue weighted by atomic mass is 35.5. The van der Waals surface area contributed by atoms with Crippen molar-refractivity contribution in [2.45, 2.75) is 13.3 Å².